The molecule has 1 aromatic heterocycles. The van der Waals surface area contributed by atoms with Gasteiger partial charge in [0.25, 0.3) is 5.91 Å². The number of furan rings is 1. The molecule has 1 aliphatic rings. The predicted octanol–water partition coefficient (Wildman–Crippen LogP) is 2.49. The number of benzene rings is 1. The minimum Gasteiger partial charge on any atom is -0.493 e. The Hall–Kier alpha value is -2.18. The lowest BCUT2D eigenvalue weighted by molar-refractivity contribution is -0.936. The van der Waals surface area contributed by atoms with Crippen LogP contribution in [-0.4, -0.2) is 39.8 Å². The molecular formula is C20H26ClN2O4+. The first-order valence-electron chi connectivity index (χ1n) is 9.21. The normalized spacial score (nSPS) is 16.0. The standard InChI is InChI=1S/C20H25ClN2O4/c1-25-18-12-14(11-15(21)19(18)26-2)20(24)22-13-16(17-7-6-10-27-17)23-8-4-3-5-9-23/h6-7,10-12,16H,3-5,8-9,13H2,1-2H3,(H,22,24)/p+1/t16-/m0/s1. The zero-order valence-corrected chi connectivity index (χ0v) is 16.5. The van der Waals surface area contributed by atoms with E-state index in [4.69, 9.17) is 25.5 Å². The van der Waals surface area contributed by atoms with Crippen LogP contribution in [0.1, 0.15) is 41.4 Å². The third-order valence-electron chi connectivity index (χ3n) is 5.04. The molecule has 0 aliphatic carbocycles. The number of halogens is 1. The maximum absolute atomic E-state index is 12.7. The van der Waals surface area contributed by atoms with E-state index < -0.39 is 0 Å². The number of methoxy groups -OCH3 is 2. The first-order valence-corrected chi connectivity index (χ1v) is 9.59. The molecule has 1 aromatic carbocycles. The fourth-order valence-electron chi connectivity index (χ4n) is 3.64. The molecule has 0 saturated carbocycles. The van der Waals surface area contributed by atoms with E-state index in [1.807, 2.05) is 12.1 Å². The number of carbonyl (C=O) groups excluding carboxylic acids is 1. The van der Waals surface area contributed by atoms with Crippen LogP contribution in [0.5, 0.6) is 11.5 Å². The summed E-state index contributed by atoms with van der Waals surface area (Å²) in [6, 6.07) is 7.19. The van der Waals surface area contributed by atoms with Crippen molar-refractivity contribution in [1.82, 2.24) is 5.32 Å². The maximum Gasteiger partial charge on any atom is 0.251 e. The largest absolute Gasteiger partial charge is 0.493 e. The molecule has 146 valence electrons. The van der Waals surface area contributed by atoms with Crippen molar-refractivity contribution in [2.45, 2.75) is 25.3 Å². The van der Waals surface area contributed by atoms with Crippen LogP contribution >= 0.6 is 11.6 Å². The van der Waals surface area contributed by atoms with Crippen LogP contribution in [0.15, 0.2) is 34.9 Å². The number of amides is 1. The molecule has 1 fully saturated rings. The van der Waals surface area contributed by atoms with Crippen LogP contribution < -0.4 is 19.7 Å². The van der Waals surface area contributed by atoms with E-state index in [0.717, 1.165) is 18.8 Å². The molecule has 1 aliphatic heterocycles. The van der Waals surface area contributed by atoms with Gasteiger partial charge in [0.15, 0.2) is 23.3 Å². The summed E-state index contributed by atoms with van der Waals surface area (Å²) < 4.78 is 16.1. The molecule has 3 rings (SSSR count). The van der Waals surface area contributed by atoms with Gasteiger partial charge in [-0.2, -0.15) is 0 Å². The summed E-state index contributed by atoms with van der Waals surface area (Å²) in [5, 5.41) is 3.36. The number of hydrogen-bond donors (Lipinski definition) is 2. The fraction of sp³-hybridized carbons (Fsp3) is 0.450. The van der Waals surface area contributed by atoms with E-state index in [1.165, 1.54) is 38.4 Å². The van der Waals surface area contributed by atoms with Crippen molar-refractivity contribution in [3.05, 3.63) is 46.9 Å². The van der Waals surface area contributed by atoms with Crippen molar-refractivity contribution >= 4 is 17.5 Å². The molecule has 1 amide bonds. The van der Waals surface area contributed by atoms with Crippen LogP contribution in [0.4, 0.5) is 0 Å². The Morgan fingerprint density at radius 1 is 1.26 bits per heavy atom. The molecule has 6 nitrogen and oxygen atoms in total. The lowest BCUT2D eigenvalue weighted by Crippen LogP contribution is -3.13. The summed E-state index contributed by atoms with van der Waals surface area (Å²) in [7, 11) is 3.03. The highest BCUT2D eigenvalue weighted by atomic mass is 35.5. The van der Waals surface area contributed by atoms with Gasteiger partial charge in [-0.05, 0) is 43.5 Å². The molecule has 27 heavy (non-hydrogen) atoms. The number of carbonyl (C=O) groups is 1. The van der Waals surface area contributed by atoms with E-state index in [9.17, 15) is 4.79 Å². The summed E-state index contributed by atoms with van der Waals surface area (Å²) in [5.41, 5.74) is 0.435. The zero-order chi connectivity index (χ0) is 19.2. The molecule has 1 atom stereocenters. The van der Waals surface area contributed by atoms with E-state index in [0.29, 0.717) is 28.6 Å². The molecule has 2 aromatic rings. The lowest BCUT2D eigenvalue weighted by Gasteiger charge is -2.30. The highest BCUT2D eigenvalue weighted by Crippen LogP contribution is 2.35. The number of ether oxygens (including phenoxy) is 2. The number of piperidine rings is 1. The SMILES string of the molecule is COc1cc(C(=O)NC[C@@H](c2ccco2)[NH+]2CCCCC2)cc(Cl)c1OC. The fourth-order valence-corrected chi connectivity index (χ4v) is 3.92. The average molecular weight is 394 g/mol. The molecule has 2 heterocycles. The monoisotopic (exact) mass is 393 g/mol. The molecular weight excluding hydrogens is 368 g/mol. The van der Waals surface area contributed by atoms with Gasteiger partial charge in [-0.25, -0.2) is 0 Å². The third-order valence-corrected chi connectivity index (χ3v) is 5.32. The van der Waals surface area contributed by atoms with Gasteiger partial charge < -0.3 is 24.1 Å². The first kappa shape index (κ1) is 19.6. The first-order chi connectivity index (χ1) is 13.1. The molecule has 0 radical (unpaired) electrons. The molecule has 7 heteroatoms. The Kier molecular flexibility index (Phi) is 6.63. The highest BCUT2D eigenvalue weighted by Gasteiger charge is 2.29. The Morgan fingerprint density at radius 2 is 2.04 bits per heavy atom. The average Bonchev–Trinajstić information content (AvgIpc) is 3.22. The summed E-state index contributed by atoms with van der Waals surface area (Å²) in [6.45, 7) is 2.67. The van der Waals surface area contributed by atoms with Crippen LogP contribution in [0.2, 0.25) is 5.02 Å². The van der Waals surface area contributed by atoms with Crippen molar-refractivity contribution in [1.29, 1.82) is 0 Å². The van der Waals surface area contributed by atoms with E-state index in [1.54, 1.807) is 18.4 Å². The number of rotatable bonds is 7. The van der Waals surface area contributed by atoms with E-state index in [-0.39, 0.29) is 11.9 Å². The number of likely N-dealkylation sites (tertiary alicyclic amines) is 1. The van der Waals surface area contributed by atoms with Gasteiger partial charge in [0, 0.05) is 5.56 Å². The number of hydrogen-bond acceptors (Lipinski definition) is 4. The lowest BCUT2D eigenvalue weighted by atomic mass is 10.1. The van der Waals surface area contributed by atoms with E-state index in [2.05, 4.69) is 5.32 Å². The van der Waals surface area contributed by atoms with Gasteiger partial charge in [0.2, 0.25) is 0 Å². The van der Waals surface area contributed by atoms with Crippen LogP contribution in [-0.2, 0) is 0 Å². The second-order valence-corrected chi connectivity index (χ2v) is 7.10. The van der Waals surface area contributed by atoms with Crippen molar-refractivity contribution in [2.24, 2.45) is 0 Å². The summed E-state index contributed by atoms with van der Waals surface area (Å²) >= 11 is 6.22. The van der Waals surface area contributed by atoms with Gasteiger partial charge in [0.05, 0.1) is 45.1 Å². The highest BCUT2D eigenvalue weighted by molar-refractivity contribution is 6.32. The van der Waals surface area contributed by atoms with E-state index >= 15 is 0 Å². The second-order valence-electron chi connectivity index (χ2n) is 6.69. The Balaban J connectivity index is 1.73. The molecule has 1 saturated heterocycles. The van der Waals surface area contributed by atoms with Gasteiger partial charge in [-0.3, -0.25) is 4.79 Å². The quantitative estimate of drug-likeness (QED) is 0.758. The summed E-state index contributed by atoms with van der Waals surface area (Å²) in [6.07, 6.45) is 5.35. The summed E-state index contributed by atoms with van der Waals surface area (Å²) in [5.74, 6) is 1.55. The number of nitrogens with one attached hydrogen (secondary N) is 2. The Labute approximate surface area is 164 Å². The second kappa shape index (κ2) is 9.15. The van der Waals surface area contributed by atoms with Gasteiger partial charge in [-0.1, -0.05) is 11.6 Å². The van der Waals surface area contributed by atoms with Gasteiger partial charge in [0.1, 0.15) is 0 Å². The van der Waals surface area contributed by atoms with Gasteiger partial charge in [-0.15, -0.1) is 0 Å². The van der Waals surface area contributed by atoms with Crippen LogP contribution in [0.3, 0.4) is 0 Å². The van der Waals surface area contributed by atoms with Crippen molar-refractivity contribution in [3.63, 3.8) is 0 Å². The zero-order valence-electron chi connectivity index (χ0n) is 15.7. The minimum absolute atomic E-state index is 0.0971. The van der Waals surface area contributed by atoms with Crippen molar-refractivity contribution < 1.29 is 23.6 Å². The predicted molar refractivity (Wildman–Crippen MR) is 103 cm³/mol. The maximum atomic E-state index is 12.7. The molecule has 0 bridgehead atoms. The van der Waals surface area contributed by atoms with Crippen molar-refractivity contribution in [3.8, 4) is 11.5 Å². The molecule has 2 N–H and O–H groups in total. The Bertz CT molecular complexity index is 758. The molecule has 0 spiro atoms. The topological polar surface area (TPSA) is 65.1 Å². The third kappa shape index (κ3) is 4.57. The van der Waals surface area contributed by atoms with Crippen molar-refractivity contribution in [2.75, 3.05) is 33.9 Å². The Morgan fingerprint density at radius 3 is 2.67 bits per heavy atom. The summed E-state index contributed by atoms with van der Waals surface area (Å²) in [4.78, 5) is 14.2. The number of quaternary nitrogens is 1. The van der Waals surface area contributed by atoms with Crippen LogP contribution in [0.25, 0.3) is 0 Å². The molecule has 0 unspecified atom stereocenters. The smallest absolute Gasteiger partial charge is 0.251 e. The minimum atomic E-state index is -0.203. The van der Waals surface area contributed by atoms with Gasteiger partial charge >= 0.3 is 0 Å². The van der Waals surface area contributed by atoms with Crippen LogP contribution in [0, 0.1) is 0 Å².